The van der Waals surface area contributed by atoms with E-state index in [0.29, 0.717) is 17.0 Å². The summed E-state index contributed by atoms with van der Waals surface area (Å²) in [6, 6.07) is 0. The zero-order valence-electron chi connectivity index (χ0n) is 11.6. The molecule has 12 heteroatoms. The average molecular weight is 318 g/mol. The van der Waals surface area contributed by atoms with Gasteiger partial charge in [0.05, 0.1) is 6.33 Å². The SMILES string of the molecule is Cc1nc2[nH]c(=O)[nH]c(=O)c2[nH]1.O=c1[nH]c(=O)c2[nH]cnc2[nH]1. The molecule has 23 heavy (non-hydrogen) atoms. The topological polar surface area (TPSA) is 189 Å². The van der Waals surface area contributed by atoms with E-state index in [9.17, 15) is 19.2 Å². The zero-order chi connectivity index (χ0) is 16.6. The average Bonchev–Trinajstić information content (AvgIpc) is 3.05. The van der Waals surface area contributed by atoms with Crippen LogP contribution >= 0.6 is 0 Å². The van der Waals surface area contributed by atoms with Crippen molar-refractivity contribution < 1.29 is 0 Å². The molecule has 118 valence electrons. The molecule has 6 N–H and O–H groups in total. The summed E-state index contributed by atoms with van der Waals surface area (Å²) in [5, 5.41) is 0. The van der Waals surface area contributed by atoms with Gasteiger partial charge >= 0.3 is 11.4 Å². The van der Waals surface area contributed by atoms with E-state index < -0.39 is 22.5 Å². The van der Waals surface area contributed by atoms with E-state index in [1.165, 1.54) is 6.33 Å². The first kappa shape index (κ1) is 14.2. The first-order chi connectivity index (χ1) is 10.9. The second kappa shape index (κ2) is 5.25. The van der Waals surface area contributed by atoms with Gasteiger partial charge in [0.1, 0.15) is 16.9 Å². The number of hydrogen-bond acceptors (Lipinski definition) is 6. The lowest BCUT2D eigenvalue weighted by molar-refractivity contribution is 1.07. The molecule has 0 fully saturated rings. The maximum Gasteiger partial charge on any atom is 0.327 e. The van der Waals surface area contributed by atoms with Crippen LogP contribution in [0.15, 0.2) is 25.5 Å². The lowest BCUT2D eigenvalue weighted by atomic mass is 10.5. The summed E-state index contributed by atoms with van der Waals surface area (Å²) < 4.78 is 0. The van der Waals surface area contributed by atoms with Crippen molar-refractivity contribution in [3.8, 4) is 0 Å². The van der Waals surface area contributed by atoms with Gasteiger partial charge in [-0.05, 0) is 6.92 Å². The molecule has 0 aromatic carbocycles. The minimum Gasteiger partial charge on any atom is -0.339 e. The predicted molar refractivity (Wildman–Crippen MR) is 79.4 cm³/mol. The number of H-pyrrole nitrogens is 6. The lowest BCUT2D eigenvalue weighted by Crippen LogP contribution is -2.21. The number of hydrogen-bond donors (Lipinski definition) is 6. The van der Waals surface area contributed by atoms with E-state index in [4.69, 9.17) is 0 Å². The second-order valence-corrected chi connectivity index (χ2v) is 4.49. The van der Waals surface area contributed by atoms with E-state index in [1.54, 1.807) is 6.92 Å². The highest BCUT2D eigenvalue weighted by molar-refractivity contribution is 5.68. The van der Waals surface area contributed by atoms with Crippen LogP contribution in [0.25, 0.3) is 22.3 Å². The molecule has 0 radical (unpaired) electrons. The van der Waals surface area contributed by atoms with Gasteiger partial charge in [0.2, 0.25) is 0 Å². The molecule has 0 saturated heterocycles. The molecular formula is C11H10N8O4. The Kier molecular flexibility index (Phi) is 3.25. The Morgan fingerprint density at radius 3 is 2.09 bits per heavy atom. The number of rotatable bonds is 0. The fraction of sp³-hybridized carbons (Fsp3) is 0.0909. The minimum absolute atomic E-state index is 0.277. The molecule has 0 amide bonds. The van der Waals surface area contributed by atoms with E-state index >= 15 is 0 Å². The number of aromatic amines is 6. The molecule has 0 aliphatic carbocycles. The summed E-state index contributed by atoms with van der Waals surface area (Å²) >= 11 is 0. The summed E-state index contributed by atoms with van der Waals surface area (Å²) in [6.45, 7) is 1.71. The van der Waals surface area contributed by atoms with Gasteiger partial charge in [-0.3, -0.25) is 29.5 Å². The van der Waals surface area contributed by atoms with Gasteiger partial charge in [-0.2, -0.15) is 0 Å². The molecule has 0 aliphatic rings. The quantitative estimate of drug-likeness (QED) is 0.221. The number of imidazole rings is 2. The summed E-state index contributed by atoms with van der Waals surface area (Å²) in [4.78, 5) is 65.2. The number of aryl methyl sites for hydroxylation is 1. The van der Waals surface area contributed by atoms with Crippen molar-refractivity contribution in [1.29, 1.82) is 0 Å². The van der Waals surface area contributed by atoms with Crippen molar-refractivity contribution in [2.75, 3.05) is 0 Å². The van der Waals surface area contributed by atoms with Gasteiger partial charge in [-0.25, -0.2) is 19.6 Å². The van der Waals surface area contributed by atoms with Gasteiger partial charge < -0.3 is 9.97 Å². The standard InChI is InChI=1S/C6H6N4O2.C5H4N4O2/c1-2-7-3-4(8-2)9-6(12)10-5(3)11;10-4-2-3(7-1-6-2)8-5(11)9-4/h1H3,(H3,7,8,9,10,11,12);1H,(H3,6,7,8,9,10,11). The molecule has 12 nitrogen and oxygen atoms in total. The molecule has 4 aromatic heterocycles. The summed E-state index contributed by atoms with van der Waals surface area (Å²) in [7, 11) is 0. The Hall–Kier alpha value is -3.70. The van der Waals surface area contributed by atoms with Gasteiger partial charge in [-0.1, -0.05) is 0 Å². The Labute approximate surface area is 124 Å². The normalized spacial score (nSPS) is 10.7. The molecule has 0 atom stereocenters. The molecule has 0 saturated carbocycles. The molecule has 0 bridgehead atoms. The number of nitrogens with one attached hydrogen (secondary N) is 6. The third kappa shape index (κ3) is 2.72. The molecule has 4 rings (SSSR count). The van der Waals surface area contributed by atoms with Crippen LogP contribution in [0.4, 0.5) is 0 Å². The largest absolute Gasteiger partial charge is 0.339 e. The molecule has 4 heterocycles. The van der Waals surface area contributed by atoms with Crippen molar-refractivity contribution in [2.24, 2.45) is 0 Å². The molecule has 4 aromatic rings. The Morgan fingerprint density at radius 1 is 0.783 bits per heavy atom. The number of aromatic nitrogens is 8. The van der Waals surface area contributed by atoms with Crippen LogP contribution in [0.2, 0.25) is 0 Å². The number of nitrogens with zero attached hydrogens (tertiary/aromatic N) is 2. The molecule has 0 aliphatic heterocycles. The molecular weight excluding hydrogens is 308 g/mol. The van der Waals surface area contributed by atoms with Gasteiger partial charge in [0, 0.05) is 0 Å². The van der Waals surface area contributed by atoms with Crippen LogP contribution in [-0.2, 0) is 0 Å². The summed E-state index contributed by atoms with van der Waals surface area (Å²) in [6.07, 6.45) is 1.34. The predicted octanol–water partition coefficient (Wildman–Crippen LogP) is -1.81. The molecule has 0 unspecified atom stereocenters. The zero-order valence-corrected chi connectivity index (χ0v) is 11.6. The van der Waals surface area contributed by atoms with Crippen LogP contribution in [-0.4, -0.2) is 39.9 Å². The van der Waals surface area contributed by atoms with Crippen molar-refractivity contribution >= 4 is 22.3 Å². The van der Waals surface area contributed by atoms with Crippen LogP contribution < -0.4 is 22.5 Å². The van der Waals surface area contributed by atoms with Crippen LogP contribution in [0, 0.1) is 6.92 Å². The molecule has 0 spiro atoms. The van der Waals surface area contributed by atoms with E-state index in [0.717, 1.165) is 0 Å². The third-order valence-corrected chi connectivity index (χ3v) is 2.83. The smallest absolute Gasteiger partial charge is 0.327 e. The van der Waals surface area contributed by atoms with E-state index in [1.807, 2.05) is 0 Å². The lowest BCUT2D eigenvalue weighted by Gasteiger charge is -1.83. The maximum absolute atomic E-state index is 11.1. The van der Waals surface area contributed by atoms with Crippen molar-refractivity contribution in [3.63, 3.8) is 0 Å². The van der Waals surface area contributed by atoms with Crippen molar-refractivity contribution in [3.05, 3.63) is 53.8 Å². The third-order valence-electron chi connectivity index (χ3n) is 2.83. The van der Waals surface area contributed by atoms with Crippen LogP contribution in [0.5, 0.6) is 0 Å². The van der Waals surface area contributed by atoms with Gasteiger partial charge in [0.25, 0.3) is 11.1 Å². The Balaban J connectivity index is 0.000000136. The second-order valence-electron chi connectivity index (χ2n) is 4.49. The van der Waals surface area contributed by atoms with Crippen LogP contribution in [0.3, 0.4) is 0 Å². The Morgan fingerprint density at radius 2 is 1.39 bits per heavy atom. The Bertz CT molecular complexity index is 1220. The fourth-order valence-electron chi connectivity index (χ4n) is 1.92. The van der Waals surface area contributed by atoms with E-state index in [2.05, 4.69) is 39.9 Å². The van der Waals surface area contributed by atoms with Crippen molar-refractivity contribution in [1.82, 2.24) is 39.9 Å². The minimum atomic E-state index is -0.547. The monoisotopic (exact) mass is 318 g/mol. The fourth-order valence-corrected chi connectivity index (χ4v) is 1.92. The van der Waals surface area contributed by atoms with Crippen molar-refractivity contribution in [2.45, 2.75) is 6.92 Å². The first-order valence-corrected chi connectivity index (χ1v) is 6.28. The number of fused-ring (bicyclic) bond motifs is 2. The maximum atomic E-state index is 11.1. The summed E-state index contributed by atoms with van der Waals surface area (Å²) in [5.41, 5.74) is -0.846. The highest BCUT2D eigenvalue weighted by atomic mass is 16.2. The van der Waals surface area contributed by atoms with Gasteiger partial charge in [-0.15, -0.1) is 0 Å². The summed E-state index contributed by atoms with van der Waals surface area (Å²) in [5.74, 6) is 0.595. The van der Waals surface area contributed by atoms with Gasteiger partial charge in [0.15, 0.2) is 11.3 Å². The van der Waals surface area contributed by atoms with Crippen LogP contribution in [0.1, 0.15) is 5.82 Å². The highest BCUT2D eigenvalue weighted by Crippen LogP contribution is 1.98. The highest BCUT2D eigenvalue weighted by Gasteiger charge is 2.03. The first-order valence-electron chi connectivity index (χ1n) is 6.28. The van der Waals surface area contributed by atoms with E-state index in [-0.39, 0.29) is 11.2 Å².